The normalized spacial score (nSPS) is 14.4. The monoisotopic (exact) mass is 320 g/mol. The second kappa shape index (κ2) is 7.98. The van der Waals surface area contributed by atoms with Crippen molar-refractivity contribution in [2.24, 2.45) is 5.92 Å². The van der Waals surface area contributed by atoms with E-state index in [1.165, 1.54) is 19.3 Å². The van der Waals surface area contributed by atoms with Crippen molar-refractivity contribution in [3.63, 3.8) is 0 Å². The number of hydrogen-bond donors (Lipinski definition) is 0. The van der Waals surface area contributed by atoms with Gasteiger partial charge in [-0.15, -0.1) is 11.3 Å². The minimum absolute atomic E-state index is 0.123. The van der Waals surface area contributed by atoms with Crippen molar-refractivity contribution in [3.8, 4) is 6.07 Å². The molecule has 4 nitrogen and oxygen atoms in total. The van der Waals surface area contributed by atoms with Gasteiger partial charge in [0.2, 0.25) is 0 Å². The quantitative estimate of drug-likeness (QED) is 0.789. The third kappa shape index (κ3) is 5.71. The molecule has 0 atom stereocenters. The Morgan fingerprint density at radius 2 is 2.24 bits per heavy atom. The molecule has 0 amide bonds. The lowest BCUT2D eigenvalue weighted by molar-refractivity contribution is -0.137. The summed E-state index contributed by atoms with van der Waals surface area (Å²) < 4.78 is 40.7. The Bertz CT molecular complexity index is 504. The number of nitriles is 1. The van der Waals surface area contributed by atoms with E-state index >= 15 is 0 Å². The van der Waals surface area contributed by atoms with Gasteiger partial charge in [0, 0.05) is 6.42 Å². The van der Waals surface area contributed by atoms with E-state index in [-0.39, 0.29) is 22.8 Å². The van der Waals surface area contributed by atoms with Crippen LogP contribution in [0, 0.1) is 17.2 Å². The van der Waals surface area contributed by atoms with Crippen molar-refractivity contribution in [2.45, 2.75) is 38.8 Å². The molecule has 0 saturated heterocycles. The summed E-state index contributed by atoms with van der Waals surface area (Å²) in [4.78, 5) is 13.9. The molecule has 0 bridgehead atoms. The average Bonchev–Trinajstić information content (AvgIpc) is 2.84. The lowest BCUT2D eigenvalue weighted by Crippen LogP contribution is -2.08. The summed E-state index contributed by atoms with van der Waals surface area (Å²) in [5, 5.41) is 7.11. The second-order valence-electron chi connectivity index (χ2n) is 4.41. The van der Waals surface area contributed by atoms with Crippen LogP contribution in [0.2, 0.25) is 0 Å². The summed E-state index contributed by atoms with van der Waals surface area (Å²) in [6.45, 7) is 1.70. The minimum Gasteiger partial charge on any atom is -0.462 e. The van der Waals surface area contributed by atoms with Gasteiger partial charge in [-0.25, -0.2) is 9.78 Å². The summed E-state index contributed by atoms with van der Waals surface area (Å²) in [5.74, 6) is -0.00880. The van der Waals surface area contributed by atoms with Crippen LogP contribution in [0.5, 0.6) is 0 Å². The lowest BCUT2D eigenvalue weighted by atomic mass is 9.84. The van der Waals surface area contributed by atoms with Gasteiger partial charge in [0.25, 0.3) is 0 Å². The molecule has 1 heterocycles. The molecule has 1 aliphatic carbocycles. The molecule has 21 heavy (non-hydrogen) atoms. The fraction of sp³-hybridized carbons (Fsp3) is 0.615. The molecule has 0 aliphatic heterocycles. The summed E-state index contributed by atoms with van der Waals surface area (Å²) in [6, 6.07) is 2.17. The maximum absolute atomic E-state index is 12.0. The largest absolute Gasteiger partial charge is 0.462 e. The van der Waals surface area contributed by atoms with Gasteiger partial charge in [-0.1, -0.05) is 6.42 Å². The number of thiazole rings is 1. The van der Waals surface area contributed by atoms with Gasteiger partial charge in [-0.3, -0.25) is 0 Å². The van der Waals surface area contributed by atoms with E-state index in [0.29, 0.717) is 0 Å². The molecule has 116 valence electrons. The van der Waals surface area contributed by atoms with E-state index in [4.69, 9.17) is 5.26 Å². The van der Waals surface area contributed by atoms with Crippen LogP contribution in [0.4, 0.5) is 13.2 Å². The maximum atomic E-state index is 12.0. The molecule has 1 aromatic rings. The lowest BCUT2D eigenvalue weighted by Gasteiger charge is -2.21. The van der Waals surface area contributed by atoms with Gasteiger partial charge in [-0.2, -0.15) is 18.4 Å². The van der Waals surface area contributed by atoms with Crippen LogP contribution in [0.25, 0.3) is 0 Å². The zero-order valence-electron chi connectivity index (χ0n) is 11.4. The number of aromatic nitrogens is 1. The number of ether oxygens (including phenoxy) is 1. The zero-order valence-corrected chi connectivity index (χ0v) is 12.3. The van der Waals surface area contributed by atoms with Crippen molar-refractivity contribution < 1.29 is 22.7 Å². The first-order chi connectivity index (χ1) is 9.88. The molecule has 0 spiro atoms. The van der Waals surface area contributed by atoms with Crippen molar-refractivity contribution in [2.75, 3.05) is 6.61 Å². The highest BCUT2D eigenvalue weighted by molar-refractivity contribution is 7.13. The molecule has 0 N–H and O–H groups in total. The van der Waals surface area contributed by atoms with Gasteiger partial charge >= 0.3 is 12.1 Å². The summed E-state index contributed by atoms with van der Waals surface area (Å²) in [6.07, 6.45) is 1.11. The number of esters is 1. The predicted octanol–water partition coefficient (Wildman–Crippen LogP) is 4.04. The van der Waals surface area contributed by atoms with Crippen LogP contribution in [-0.4, -0.2) is 17.6 Å². The van der Waals surface area contributed by atoms with Crippen LogP contribution in [-0.2, 0) is 10.9 Å². The van der Waals surface area contributed by atoms with Crippen LogP contribution >= 0.6 is 11.3 Å². The Balaban J connectivity index is 0.000000262. The van der Waals surface area contributed by atoms with Gasteiger partial charge in [-0.05, 0) is 25.7 Å². The Hall–Kier alpha value is -1.62. The van der Waals surface area contributed by atoms with Crippen molar-refractivity contribution in [1.29, 1.82) is 5.26 Å². The Morgan fingerprint density at radius 1 is 1.57 bits per heavy atom. The Morgan fingerprint density at radius 3 is 2.57 bits per heavy atom. The highest BCUT2D eigenvalue weighted by Crippen LogP contribution is 2.32. The number of alkyl halides is 3. The van der Waals surface area contributed by atoms with Crippen LogP contribution < -0.4 is 0 Å². The third-order valence-electron chi connectivity index (χ3n) is 2.83. The van der Waals surface area contributed by atoms with Gasteiger partial charge < -0.3 is 4.74 Å². The first-order valence-electron chi connectivity index (χ1n) is 6.45. The van der Waals surface area contributed by atoms with Gasteiger partial charge in [0.1, 0.15) is 4.88 Å². The van der Waals surface area contributed by atoms with Crippen molar-refractivity contribution in [1.82, 2.24) is 4.98 Å². The summed E-state index contributed by atoms with van der Waals surface area (Å²) >= 11 is 0.277. The fourth-order valence-corrected chi connectivity index (χ4v) is 2.20. The van der Waals surface area contributed by atoms with Crippen molar-refractivity contribution >= 4 is 17.3 Å². The van der Waals surface area contributed by atoms with E-state index in [0.717, 1.165) is 18.5 Å². The van der Waals surface area contributed by atoms with Gasteiger partial charge in [0.05, 0.1) is 18.9 Å². The Labute approximate surface area is 124 Å². The smallest absolute Gasteiger partial charge is 0.443 e. The van der Waals surface area contributed by atoms with E-state index < -0.39 is 17.2 Å². The number of nitrogens with zero attached hydrogens (tertiary/aromatic N) is 2. The molecule has 2 rings (SSSR count). The fourth-order valence-electron chi connectivity index (χ4n) is 1.53. The highest BCUT2D eigenvalue weighted by atomic mass is 32.1. The first-order valence-corrected chi connectivity index (χ1v) is 7.27. The predicted molar refractivity (Wildman–Crippen MR) is 70.6 cm³/mol. The molecule has 0 aromatic carbocycles. The van der Waals surface area contributed by atoms with E-state index in [1.807, 2.05) is 0 Å². The topological polar surface area (TPSA) is 63.0 Å². The Kier molecular flexibility index (Phi) is 6.62. The second-order valence-corrected chi connectivity index (χ2v) is 5.44. The standard InChI is InChI=1S/C7H6F3NO2S.C6H9N/c1-2-13-5(12)4-3-11-6(14-4)7(8,9)10;7-5-4-6-2-1-3-6/h3H,2H2,1H3;6H,1-4H2. The van der Waals surface area contributed by atoms with Crippen LogP contribution in [0.3, 0.4) is 0 Å². The number of rotatable bonds is 3. The molecule has 1 aliphatic rings. The van der Waals surface area contributed by atoms with Crippen LogP contribution in [0.15, 0.2) is 6.20 Å². The number of carbonyl (C=O) groups is 1. The molecule has 0 unspecified atom stereocenters. The van der Waals surface area contributed by atoms with Crippen molar-refractivity contribution in [3.05, 3.63) is 16.1 Å². The molecule has 1 saturated carbocycles. The summed E-state index contributed by atoms with van der Waals surface area (Å²) in [7, 11) is 0. The van der Waals surface area contributed by atoms with E-state index in [9.17, 15) is 18.0 Å². The molecular weight excluding hydrogens is 305 g/mol. The molecule has 1 fully saturated rings. The molecular formula is C13H15F3N2O2S. The first kappa shape index (κ1) is 17.4. The average molecular weight is 320 g/mol. The summed E-state index contributed by atoms with van der Waals surface area (Å²) in [5.41, 5.74) is 0. The number of hydrogen-bond acceptors (Lipinski definition) is 5. The number of halogens is 3. The maximum Gasteiger partial charge on any atom is 0.443 e. The highest BCUT2D eigenvalue weighted by Gasteiger charge is 2.35. The number of carbonyl (C=O) groups excluding carboxylic acids is 1. The zero-order chi connectivity index (χ0) is 15.9. The van der Waals surface area contributed by atoms with Crippen LogP contribution in [0.1, 0.15) is 47.3 Å². The third-order valence-corrected chi connectivity index (χ3v) is 3.85. The molecule has 1 aromatic heterocycles. The molecule has 0 radical (unpaired) electrons. The van der Waals surface area contributed by atoms with Gasteiger partial charge in [0.15, 0.2) is 5.01 Å². The van der Waals surface area contributed by atoms with E-state index in [2.05, 4.69) is 15.8 Å². The molecule has 8 heteroatoms. The SMILES string of the molecule is CCOC(=O)c1cnc(C(F)(F)F)s1.N#CCC1CCC1. The minimum atomic E-state index is -4.50. The van der Waals surface area contributed by atoms with E-state index in [1.54, 1.807) is 6.92 Å².